The average molecular weight is 528 g/mol. The first-order chi connectivity index (χ1) is 17.4. The van der Waals surface area contributed by atoms with Gasteiger partial charge in [-0.25, -0.2) is 4.98 Å². The number of amides is 1. The molecule has 11 nitrogen and oxygen atoms in total. The Hall–Kier alpha value is -3.48. The molecule has 37 heavy (non-hydrogen) atoms. The highest BCUT2D eigenvalue weighted by Gasteiger charge is 2.69. The van der Waals surface area contributed by atoms with E-state index >= 15 is 0 Å². The molecule has 12 heteroatoms. The van der Waals surface area contributed by atoms with Gasteiger partial charge in [-0.1, -0.05) is 19.9 Å². The van der Waals surface area contributed by atoms with Crippen molar-refractivity contribution < 1.29 is 39.3 Å². The number of Topliss-reactive ketones (excluding diaryl/α,β-unsaturated/α-hetero) is 4. The lowest BCUT2D eigenvalue weighted by atomic mass is 9.50. The smallest absolute Gasteiger partial charge is 0.235 e. The molecule has 1 aromatic heterocycles. The molecule has 5 rings (SSSR count). The highest BCUT2D eigenvalue weighted by atomic mass is 32.1. The van der Waals surface area contributed by atoms with Crippen LogP contribution in [0.1, 0.15) is 47.8 Å². The number of aromatic nitrogens is 1. The van der Waals surface area contributed by atoms with Crippen LogP contribution in [0.25, 0.3) is 0 Å². The van der Waals surface area contributed by atoms with Gasteiger partial charge in [-0.2, -0.15) is 0 Å². The number of benzene rings is 1. The van der Waals surface area contributed by atoms with E-state index in [-0.39, 0.29) is 11.3 Å². The molecule has 0 aliphatic heterocycles. The van der Waals surface area contributed by atoms with Crippen molar-refractivity contribution in [2.45, 2.75) is 44.3 Å². The summed E-state index contributed by atoms with van der Waals surface area (Å²) in [5.74, 6) is -13.1. The van der Waals surface area contributed by atoms with Crippen LogP contribution >= 0.6 is 11.3 Å². The number of carbonyl (C=O) groups is 5. The average Bonchev–Trinajstić information content (AvgIpc) is 3.30. The molecule has 2 saturated carbocycles. The van der Waals surface area contributed by atoms with Gasteiger partial charge in [-0.15, -0.1) is 11.3 Å². The minimum atomic E-state index is -2.94. The standard InChI is InChI=1S/C25H25N3O8S/c1-3-9-7-37-24(27-9)28-12-5-4-10-8(2)14-17(20(32)15(10)19(12)31)22(34)25(36)11(18(14)30)6-13(29)16(21(25)33)23(26)35/h4-5,7-8,11,14,16-18,30-31,36H,3,6H2,1-2H3,(H2,26,35)(H,27,28)/t8-,11+,14+,16?,17?,18+,25+/m0/s1. The monoisotopic (exact) mass is 527 g/mol. The van der Waals surface area contributed by atoms with Gasteiger partial charge in [0.1, 0.15) is 5.75 Å². The molecule has 6 N–H and O–H groups in total. The maximum absolute atomic E-state index is 13.7. The van der Waals surface area contributed by atoms with Gasteiger partial charge in [-0.3, -0.25) is 24.0 Å². The third kappa shape index (κ3) is 3.39. The number of primary amides is 1. The predicted molar refractivity (Wildman–Crippen MR) is 129 cm³/mol. The highest BCUT2D eigenvalue weighted by molar-refractivity contribution is 7.13. The fraction of sp³-hybridized carbons (Fsp3) is 0.440. The lowest BCUT2D eigenvalue weighted by Gasteiger charge is -2.52. The first kappa shape index (κ1) is 25.2. The molecule has 1 amide bonds. The Labute approximate surface area is 214 Å². The second-order valence-corrected chi connectivity index (χ2v) is 10.7. The van der Waals surface area contributed by atoms with E-state index in [0.717, 1.165) is 5.69 Å². The van der Waals surface area contributed by atoms with Crippen LogP contribution in [0, 0.1) is 23.7 Å². The zero-order valence-corrected chi connectivity index (χ0v) is 20.7. The van der Waals surface area contributed by atoms with Crippen LogP contribution in [0.4, 0.5) is 10.8 Å². The van der Waals surface area contributed by atoms with Crippen LogP contribution in [0.15, 0.2) is 17.5 Å². The predicted octanol–water partition coefficient (Wildman–Crippen LogP) is 0.621. The Morgan fingerprint density at radius 2 is 1.95 bits per heavy atom. The third-order valence-corrected chi connectivity index (χ3v) is 8.82. The number of nitrogens with two attached hydrogens (primary N) is 1. The summed E-state index contributed by atoms with van der Waals surface area (Å²) in [6.45, 7) is 3.60. The minimum absolute atomic E-state index is 0.167. The normalized spacial score (nSPS) is 33.0. The summed E-state index contributed by atoms with van der Waals surface area (Å²) in [6, 6.07) is 3.16. The van der Waals surface area contributed by atoms with E-state index in [9.17, 15) is 39.3 Å². The Morgan fingerprint density at radius 1 is 1.24 bits per heavy atom. The van der Waals surface area contributed by atoms with Crippen LogP contribution in [-0.2, 0) is 25.6 Å². The molecule has 0 bridgehead atoms. The van der Waals surface area contributed by atoms with Gasteiger partial charge in [-0.05, 0) is 24.0 Å². The molecule has 1 heterocycles. The number of ketones is 4. The van der Waals surface area contributed by atoms with Gasteiger partial charge in [0.25, 0.3) is 0 Å². The molecule has 0 saturated heterocycles. The summed E-state index contributed by atoms with van der Waals surface area (Å²) in [5.41, 5.74) is 3.47. The summed E-state index contributed by atoms with van der Waals surface area (Å²) in [7, 11) is 0. The number of phenolic OH excluding ortho intramolecular Hbond substituents is 1. The van der Waals surface area contributed by atoms with Gasteiger partial charge >= 0.3 is 0 Å². The summed E-state index contributed by atoms with van der Waals surface area (Å²) in [4.78, 5) is 69.1. The number of aliphatic hydroxyl groups excluding tert-OH is 1. The quantitative estimate of drug-likeness (QED) is 0.278. The molecular weight excluding hydrogens is 502 g/mol. The van der Waals surface area contributed by atoms with E-state index in [0.29, 0.717) is 17.1 Å². The lowest BCUT2D eigenvalue weighted by Crippen LogP contribution is -2.72. The van der Waals surface area contributed by atoms with Gasteiger partial charge in [0.05, 0.1) is 29.0 Å². The van der Waals surface area contributed by atoms with Crippen molar-refractivity contribution in [1.82, 2.24) is 4.98 Å². The number of aliphatic hydroxyl groups is 2. The molecular formula is C25H25N3O8S. The summed E-state index contributed by atoms with van der Waals surface area (Å²) in [6.07, 6.45) is -1.51. The fourth-order valence-electron chi connectivity index (χ4n) is 6.10. The van der Waals surface area contributed by atoms with Crippen LogP contribution in [0.2, 0.25) is 0 Å². The van der Waals surface area contributed by atoms with Crippen molar-refractivity contribution in [3.05, 3.63) is 34.3 Å². The molecule has 2 aromatic rings. The van der Waals surface area contributed by atoms with Gasteiger partial charge in [0, 0.05) is 23.6 Å². The van der Waals surface area contributed by atoms with Gasteiger partial charge in [0.15, 0.2) is 39.8 Å². The number of carbonyl (C=O) groups excluding carboxylic acids is 5. The zero-order chi connectivity index (χ0) is 27.0. The van der Waals surface area contributed by atoms with Gasteiger partial charge < -0.3 is 26.4 Å². The number of nitrogens with zero attached hydrogens (tertiary/aromatic N) is 1. The molecule has 2 unspecified atom stereocenters. The van der Waals surface area contributed by atoms with E-state index in [1.54, 1.807) is 19.1 Å². The first-order valence-corrected chi connectivity index (χ1v) is 12.7. The summed E-state index contributed by atoms with van der Waals surface area (Å²) < 4.78 is 0. The number of hydrogen-bond acceptors (Lipinski definition) is 11. The van der Waals surface area contributed by atoms with E-state index < -0.39 is 82.5 Å². The van der Waals surface area contributed by atoms with Crippen LogP contribution in [0.3, 0.4) is 0 Å². The Morgan fingerprint density at radius 3 is 2.57 bits per heavy atom. The zero-order valence-electron chi connectivity index (χ0n) is 19.9. The first-order valence-electron chi connectivity index (χ1n) is 11.9. The van der Waals surface area contributed by atoms with Gasteiger partial charge in [0.2, 0.25) is 5.91 Å². The Balaban J connectivity index is 1.59. The van der Waals surface area contributed by atoms with Crippen molar-refractivity contribution in [2.75, 3.05) is 5.32 Å². The summed E-state index contributed by atoms with van der Waals surface area (Å²) in [5, 5.41) is 38.9. The molecule has 3 aliphatic rings. The third-order valence-electron chi connectivity index (χ3n) is 8.01. The SMILES string of the molecule is CCc1csc(Nc2ccc3c(c2O)C(=O)C2C(=O)[C@]4(O)C(=O)C(C(N)=O)C(=O)C[C@@H]4[C@@H](O)[C@@H]2[C@H]3C)n1. The van der Waals surface area contributed by atoms with E-state index in [4.69, 9.17) is 5.73 Å². The second kappa shape index (κ2) is 8.54. The molecule has 1 aromatic carbocycles. The van der Waals surface area contributed by atoms with Crippen molar-refractivity contribution in [2.24, 2.45) is 29.4 Å². The Kier molecular flexibility index (Phi) is 5.81. The number of rotatable bonds is 4. The largest absolute Gasteiger partial charge is 0.505 e. The number of aryl methyl sites for hydroxylation is 1. The number of hydrogen-bond donors (Lipinski definition) is 5. The van der Waals surface area contributed by atoms with Crippen molar-refractivity contribution >= 4 is 51.2 Å². The molecule has 0 radical (unpaired) electrons. The number of aromatic hydroxyl groups is 1. The molecule has 194 valence electrons. The topological polar surface area (TPSA) is 197 Å². The van der Waals surface area contributed by atoms with Crippen LogP contribution < -0.4 is 11.1 Å². The van der Waals surface area contributed by atoms with Crippen molar-refractivity contribution in [1.29, 1.82) is 0 Å². The summed E-state index contributed by atoms with van der Waals surface area (Å²) >= 11 is 1.31. The van der Waals surface area contributed by atoms with Crippen molar-refractivity contribution in [3.63, 3.8) is 0 Å². The molecule has 0 spiro atoms. The van der Waals surface area contributed by atoms with Crippen molar-refractivity contribution in [3.8, 4) is 5.75 Å². The molecule has 7 atom stereocenters. The highest BCUT2D eigenvalue weighted by Crippen LogP contribution is 2.54. The molecule has 2 fully saturated rings. The number of anilines is 2. The molecule has 3 aliphatic carbocycles. The fourth-order valence-corrected chi connectivity index (χ4v) is 6.90. The Bertz CT molecular complexity index is 1390. The second-order valence-electron chi connectivity index (χ2n) is 9.85. The van der Waals surface area contributed by atoms with Crippen LogP contribution in [-0.4, -0.2) is 61.0 Å². The minimum Gasteiger partial charge on any atom is -0.505 e. The number of nitrogens with one attached hydrogen (secondary N) is 1. The number of thiazole rings is 1. The lowest BCUT2D eigenvalue weighted by molar-refractivity contribution is -0.189. The maximum atomic E-state index is 13.7. The van der Waals surface area contributed by atoms with E-state index in [1.807, 2.05) is 12.3 Å². The van der Waals surface area contributed by atoms with E-state index in [1.165, 1.54) is 11.3 Å². The van der Waals surface area contributed by atoms with E-state index in [2.05, 4.69) is 10.3 Å². The van der Waals surface area contributed by atoms with Crippen LogP contribution in [0.5, 0.6) is 5.75 Å². The maximum Gasteiger partial charge on any atom is 0.235 e. The number of fused-ring (bicyclic) bond motifs is 3. The number of phenols is 1.